The SMILES string of the molecule is CN1CCOC(CN2CCC(C)(CN)C2)C1. The maximum absolute atomic E-state index is 5.82. The second-order valence-corrected chi connectivity index (χ2v) is 5.75. The lowest BCUT2D eigenvalue weighted by molar-refractivity contribution is -0.0337. The van der Waals surface area contributed by atoms with Gasteiger partial charge in [-0.15, -0.1) is 0 Å². The molecule has 2 N–H and O–H groups in total. The Morgan fingerprint density at radius 3 is 2.88 bits per heavy atom. The molecule has 2 fully saturated rings. The molecule has 0 spiro atoms. The van der Waals surface area contributed by atoms with Crippen molar-refractivity contribution in [2.45, 2.75) is 19.4 Å². The van der Waals surface area contributed by atoms with E-state index in [-0.39, 0.29) is 0 Å². The molecule has 0 aromatic carbocycles. The molecule has 0 saturated carbocycles. The van der Waals surface area contributed by atoms with E-state index in [1.807, 2.05) is 0 Å². The molecule has 0 aromatic heterocycles. The molecule has 4 nitrogen and oxygen atoms in total. The van der Waals surface area contributed by atoms with Crippen molar-refractivity contribution in [3.63, 3.8) is 0 Å². The molecule has 2 atom stereocenters. The second kappa shape index (κ2) is 5.00. The first-order chi connectivity index (χ1) is 7.61. The van der Waals surface area contributed by atoms with Crippen LogP contribution in [-0.4, -0.2) is 68.8 Å². The summed E-state index contributed by atoms with van der Waals surface area (Å²) in [5.41, 5.74) is 6.15. The van der Waals surface area contributed by atoms with Gasteiger partial charge in [0.25, 0.3) is 0 Å². The van der Waals surface area contributed by atoms with E-state index in [4.69, 9.17) is 10.5 Å². The van der Waals surface area contributed by atoms with Crippen LogP contribution in [0.25, 0.3) is 0 Å². The van der Waals surface area contributed by atoms with Gasteiger partial charge in [0.2, 0.25) is 0 Å². The molecular weight excluding hydrogens is 202 g/mol. The Morgan fingerprint density at radius 2 is 2.25 bits per heavy atom. The molecule has 2 aliphatic rings. The molecule has 16 heavy (non-hydrogen) atoms. The summed E-state index contributed by atoms with van der Waals surface area (Å²) < 4.78 is 5.80. The lowest BCUT2D eigenvalue weighted by Gasteiger charge is -2.33. The Labute approximate surface area is 98.7 Å². The minimum Gasteiger partial charge on any atom is -0.374 e. The van der Waals surface area contributed by atoms with E-state index in [1.165, 1.54) is 13.0 Å². The Balaban J connectivity index is 1.78. The summed E-state index contributed by atoms with van der Waals surface area (Å²) >= 11 is 0. The number of ether oxygens (including phenoxy) is 1. The van der Waals surface area contributed by atoms with Crippen molar-refractivity contribution < 1.29 is 4.74 Å². The van der Waals surface area contributed by atoms with E-state index >= 15 is 0 Å². The van der Waals surface area contributed by atoms with Crippen LogP contribution in [0.4, 0.5) is 0 Å². The fourth-order valence-corrected chi connectivity index (χ4v) is 2.71. The highest BCUT2D eigenvalue weighted by Crippen LogP contribution is 2.28. The van der Waals surface area contributed by atoms with E-state index < -0.39 is 0 Å². The third-order valence-electron chi connectivity index (χ3n) is 3.93. The zero-order chi connectivity index (χ0) is 11.6. The van der Waals surface area contributed by atoms with Crippen LogP contribution in [0.15, 0.2) is 0 Å². The predicted octanol–water partition coefficient (Wildman–Crippen LogP) is -0.0123. The van der Waals surface area contributed by atoms with Crippen LogP contribution in [0, 0.1) is 5.41 Å². The third-order valence-corrected chi connectivity index (χ3v) is 3.93. The number of morpholine rings is 1. The van der Waals surface area contributed by atoms with Crippen LogP contribution < -0.4 is 5.73 Å². The smallest absolute Gasteiger partial charge is 0.0829 e. The quantitative estimate of drug-likeness (QED) is 0.736. The van der Waals surface area contributed by atoms with Crippen LogP contribution in [0.3, 0.4) is 0 Å². The summed E-state index contributed by atoms with van der Waals surface area (Å²) in [6.07, 6.45) is 1.62. The maximum Gasteiger partial charge on any atom is 0.0829 e. The molecule has 0 amide bonds. The van der Waals surface area contributed by atoms with Gasteiger partial charge in [-0.25, -0.2) is 0 Å². The summed E-state index contributed by atoms with van der Waals surface area (Å²) in [6.45, 7) is 9.48. The summed E-state index contributed by atoms with van der Waals surface area (Å²) in [5, 5.41) is 0. The van der Waals surface area contributed by atoms with E-state index in [9.17, 15) is 0 Å². The molecule has 94 valence electrons. The number of nitrogens with zero attached hydrogens (tertiary/aromatic N) is 2. The Hall–Kier alpha value is -0.160. The van der Waals surface area contributed by atoms with Gasteiger partial charge in [-0.05, 0) is 32.0 Å². The van der Waals surface area contributed by atoms with Gasteiger partial charge in [0.15, 0.2) is 0 Å². The van der Waals surface area contributed by atoms with Crippen molar-refractivity contribution in [3.05, 3.63) is 0 Å². The number of hydrogen-bond acceptors (Lipinski definition) is 4. The van der Waals surface area contributed by atoms with Crippen molar-refractivity contribution in [2.75, 3.05) is 52.9 Å². The first-order valence-corrected chi connectivity index (χ1v) is 6.34. The monoisotopic (exact) mass is 227 g/mol. The van der Waals surface area contributed by atoms with E-state index in [0.29, 0.717) is 11.5 Å². The Kier molecular flexibility index (Phi) is 3.85. The summed E-state index contributed by atoms with van der Waals surface area (Å²) in [6, 6.07) is 0. The van der Waals surface area contributed by atoms with Gasteiger partial charge in [-0.2, -0.15) is 0 Å². The Morgan fingerprint density at radius 1 is 1.44 bits per heavy atom. The van der Waals surface area contributed by atoms with Crippen LogP contribution in [-0.2, 0) is 4.74 Å². The predicted molar refractivity (Wildman–Crippen MR) is 65.5 cm³/mol. The first-order valence-electron chi connectivity index (χ1n) is 6.34. The molecule has 2 unspecified atom stereocenters. The number of nitrogens with two attached hydrogens (primary N) is 1. The van der Waals surface area contributed by atoms with Crippen LogP contribution in [0.5, 0.6) is 0 Å². The first kappa shape index (κ1) is 12.3. The molecule has 0 aromatic rings. The van der Waals surface area contributed by atoms with Gasteiger partial charge < -0.3 is 20.3 Å². The molecule has 2 aliphatic heterocycles. The molecule has 2 saturated heterocycles. The van der Waals surface area contributed by atoms with Crippen molar-refractivity contribution in [3.8, 4) is 0 Å². The summed E-state index contributed by atoms with van der Waals surface area (Å²) in [7, 11) is 2.17. The molecule has 0 bridgehead atoms. The van der Waals surface area contributed by atoms with Gasteiger partial charge in [-0.1, -0.05) is 6.92 Å². The summed E-state index contributed by atoms with van der Waals surface area (Å²) in [4.78, 5) is 4.86. The molecule has 2 heterocycles. The average Bonchev–Trinajstić information content (AvgIpc) is 2.61. The highest BCUT2D eigenvalue weighted by Gasteiger charge is 2.33. The number of hydrogen-bond donors (Lipinski definition) is 1. The number of rotatable bonds is 3. The lowest BCUT2D eigenvalue weighted by atomic mass is 9.90. The summed E-state index contributed by atoms with van der Waals surface area (Å²) in [5.74, 6) is 0. The van der Waals surface area contributed by atoms with Gasteiger partial charge in [0, 0.05) is 26.2 Å². The van der Waals surface area contributed by atoms with Gasteiger partial charge in [0.1, 0.15) is 0 Å². The standard InChI is InChI=1S/C12H25N3O/c1-12(9-13)3-4-15(10-12)8-11-7-14(2)5-6-16-11/h11H,3-10,13H2,1-2H3. The van der Waals surface area contributed by atoms with Crippen LogP contribution >= 0.6 is 0 Å². The zero-order valence-corrected chi connectivity index (χ0v) is 10.6. The van der Waals surface area contributed by atoms with Crippen molar-refractivity contribution in [1.82, 2.24) is 9.80 Å². The van der Waals surface area contributed by atoms with E-state index in [0.717, 1.165) is 39.3 Å². The molecule has 0 aliphatic carbocycles. The van der Waals surface area contributed by atoms with Crippen molar-refractivity contribution in [2.24, 2.45) is 11.1 Å². The number of likely N-dealkylation sites (N-methyl/N-ethyl adjacent to an activating group) is 1. The molecule has 2 rings (SSSR count). The molecular formula is C12H25N3O. The minimum absolute atomic E-state index is 0.334. The number of likely N-dealkylation sites (tertiary alicyclic amines) is 1. The highest BCUT2D eigenvalue weighted by atomic mass is 16.5. The van der Waals surface area contributed by atoms with Crippen molar-refractivity contribution in [1.29, 1.82) is 0 Å². The van der Waals surface area contributed by atoms with Crippen LogP contribution in [0.2, 0.25) is 0 Å². The largest absolute Gasteiger partial charge is 0.374 e. The minimum atomic E-state index is 0.334. The van der Waals surface area contributed by atoms with E-state index in [2.05, 4.69) is 23.8 Å². The third kappa shape index (κ3) is 2.94. The van der Waals surface area contributed by atoms with E-state index in [1.54, 1.807) is 0 Å². The highest BCUT2D eigenvalue weighted by molar-refractivity contribution is 4.88. The van der Waals surface area contributed by atoms with Crippen LogP contribution in [0.1, 0.15) is 13.3 Å². The Bertz CT molecular complexity index is 236. The fraction of sp³-hybridized carbons (Fsp3) is 1.00. The second-order valence-electron chi connectivity index (χ2n) is 5.75. The van der Waals surface area contributed by atoms with Gasteiger partial charge >= 0.3 is 0 Å². The molecule has 0 radical (unpaired) electrons. The normalized spacial score (nSPS) is 38.1. The fourth-order valence-electron chi connectivity index (χ4n) is 2.71. The van der Waals surface area contributed by atoms with Gasteiger partial charge in [0.05, 0.1) is 12.7 Å². The lowest BCUT2D eigenvalue weighted by Crippen LogP contribution is -2.46. The average molecular weight is 227 g/mol. The van der Waals surface area contributed by atoms with Crippen molar-refractivity contribution >= 4 is 0 Å². The van der Waals surface area contributed by atoms with Gasteiger partial charge in [-0.3, -0.25) is 0 Å². The maximum atomic E-state index is 5.82. The molecule has 4 heteroatoms. The topological polar surface area (TPSA) is 41.7 Å². The zero-order valence-electron chi connectivity index (χ0n) is 10.6.